The van der Waals surface area contributed by atoms with E-state index in [0.717, 1.165) is 30.0 Å². The molecule has 0 fully saturated rings. The molecule has 1 aliphatic rings. The van der Waals surface area contributed by atoms with Gasteiger partial charge in [0.15, 0.2) is 0 Å². The molecule has 17 heavy (non-hydrogen) atoms. The van der Waals surface area contributed by atoms with Crippen molar-refractivity contribution in [3.8, 4) is 5.69 Å². The summed E-state index contributed by atoms with van der Waals surface area (Å²) in [6.45, 7) is 4.48. The second-order valence-corrected chi connectivity index (χ2v) is 5.34. The highest BCUT2D eigenvalue weighted by Crippen LogP contribution is 2.41. The summed E-state index contributed by atoms with van der Waals surface area (Å²) in [6, 6.07) is 10.1. The largest absolute Gasteiger partial charge is 0.383 e. The number of nitrogens with two attached hydrogens (primary N) is 1. The second-order valence-electron chi connectivity index (χ2n) is 5.34. The van der Waals surface area contributed by atoms with Gasteiger partial charge in [0.2, 0.25) is 0 Å². The molecule has 88 valence electrons. The summed E-state index contributed by atoms with van der Waals surface area (Å²) < 4.78 is 1.87. The lowest BCUT2D eigenvalue weighted by molar-refractivity contribution is 0.519. The fourth-order valence-corrected chi connectivity index (χ4v) is 2.71. The molecule has 0 bridgehead atoms. The third-order valence-corrected chi connectivity index (χ3v) is 3.66. The molecule has 1 aromatic carbocycles. The molecule has 0 unspecified atom stereocenters. The monoisotopic (exact) mass is 227 g/mol. The van der Waals surface area contributed by atoms with Crippen LogP contribution in [0.15, 0.2) is 30.3 Å². The van der Waals surface area contributed by atoms with Gasteiger partial charge in [-0.25, -0.2) is 4.68 Å². The van der Waals surface area contributed by atoms with Crippen molar-refractivity contribution in [2.24, 2.45) is 0 Å². The first-order valence-corrected chi connectivity index (χ1v) is 6.03. The van der Waals surface area contributed by atoms with E-state index in [4.69, 9.17) is 5.73 Å². The first-order chi connectivity index (χ1) is 8.09. The number of aromatic nitrogens is 2. The van der Waals surface area contributed by atoms with E-state index in [1.807, 2.05) is 35.0 Å². The predicted molar refractivity (Wildman–Crippen MR) is 69.3 cm³/mol. The van der Waals surface area contributed by atoms with Gasteiger partial charge >= 0.3 is 0 Å². The Morgan fingerprint density at radius 2 is 1.94 bits per heavy atom. The van der Waals surface area contributed by atoms with Crippen LogP contribution in [0.3, 0.4) is 0 Å². The second kappa shape index (κ2) is 3.36. The molecule has 0 radical (unpaired) electrons. The van der Waals surface area contributed by atoms with E-state index in [9.17, 15) is 0 Å². The van der Waals surface area contributed by atoms with Gasteiger partial charge < -0.3 is 5.73 Å². The molecule has 1 aliphatic carbocycles. The fourth-order valence-electron chi connectivity index (χ4n) is 2.71. The molecule has 0 atom stereocenters. The van der Waals surface area contributed by atoms with E-state index in [0.29, 0.717) is 0 Å². The Kier molecular flexibility index (Phi) is 2.05. The Morgan fingerprint density at radius 3 is 2.59 bits per heavy atom. The molecule has 0 saturated carbocycles. The SMILES string of the molecule is CC1(C)CCc2nn(-c3ccccc3)c(N)c21. The summed E-state index contributed by atoms with van der Waals surface area (Å²) in [4.78, 5) is 0. The van der Waals surface area contributed by atoms with Gasteiger partial charge in [0.25, 0.3) is 0 Å². The maximum Gasteiger partial charge on any atom is 0.131 e. The van der Waals surface area contributed by atoms with E-state index in [1.165, 1.54) is 5.56 Å². The summed E-state index contributed by atoms with van der Waals surface area (Å²) in [5, 5.41) is 4.65. The molecule has 0 saturated heterocycles. The summed E-state index contributed by atoms with van der Waals surface area (Å²) in [5.74, 6) is 0.800. The van der Waals surface area contributed by atoms with Crippen molar-refractivity contribution in [1.29, 1.82) is 0 Å². The molecular weight excluding hydrogens is 210 g/mol. The molecule has 2 aromatic rings. The quantitative estimate of drug-likeness (QED) is 0.814. The maximum atomic E-state index is 6.26. The number of nitrogens with zero attached hydrogens (tertiary/aromatic N) is 2. The smallest absolute Gasteiger partial charge is 0.131 e. The zero-order chi connectivity index (χ0) is 12.0. The van der Waals surface area contributed by atoms with Crippen LogP contribution in [0.1, 0.15) is 31.5 Å². The number of para-hydroxylation sites is 1. The van der Waals surface area contributed by atoms with E-state index < -0.39 is 0 Å². The van der Waals surface area contributed by atoms with Gasteiger partial charge in [-0.1, -0.05) is 32.0 Å². The minimum Gasteiger partial charge on any atom is -0.383 e. The van der Waals surface area contributed by atoms with Crippen LogP contribution in [0.5, 0.6) is 0 Å². The molecular formula is C14H17N3. The van der Waals surface area contributed by atoms with Gasteiger partial charge in [0.05, 0.1) is 11.4 Å². The van der Waals surface area contributed by atoms with Crippen molar-refractivity contribution in [3.63, 3.8) is 0 Å². The highest BCUT2D eigenvalue weighted by atomic mass is 15.3. The summed E-state index contributed by atoms with van der Waals surface area (Å²) in [6.07, 6.45) is 2.18. The summed E-state index contributed by atoms with van der Waals surface area (Å²) in [7, 11) is 0. The third-order valence-electron chi connectivity index (χ3n) is 3.66. The summed E-state index contributed by atoms with van der Waals surface area (Å²) in [5.41, 5.74) is 9.86. The minimum absolute atomic E-state index is 0.159. The van der Waals surface area contributed by atoms with Crippen LogP contribution in [0.2, 0.25) is 0 Å². The van der Waals surface area contributed by atoms with Crippen LogP contribution >= 0.6 is 0 Å². The zero-order valence-electron chi connectivity index (χ0n) is 10.3. The van der Waals surface area contributed by atoms with Crippen LogP contribution in [0.4, 0.5) is 5.82 Å². The number of nitrogen functional groups attached to an aromatic ring is 1. The molecule has 2 N–H and O–H groups in total. The number of hydrogen-bond donors (Lipinski definition) is 1. The van der Waals surface area contributed by atoms with Crippen molar-refractivity contribution in [2.45, 2.75) is 32.1 Å². The normalized spacial score (nSPS) is 17.1. The molecule has 0 spiro atoms. The lowest BCUT2D eigenvalue weighted by atomic mass is 9.87. The Bertz CT molecular complexity index is 552. The fraction of sp³-hybridized carbons (Fsp3) is 0.357. The van der Waals surface area contributed by atoms with Crippen molar-refractivity contribution in [2.75, 3.05) is 5.73 Å². The molecule has 3 nitrogen and oxygen atoms in total. The third kappa shape index (κ3) is 1.46. The number of hydrogen-bond acceptors (Lipinski definition) is 2. The summed E-state index contributed by atoms with van der Waals surface area (Å²) >= 11 is 0. The van der Waals surface area contributed by atoms with E-state index in [2.05, 4.69) is 18.9 Å². The lowest BCUT2D eigenvalue weighted by Crippen LogP contribution is -2.15. The highest BCUT2D eigenvalue weighted by molar-refractivity contribution is 5.55. The number of aryl methyl sites for hydroxylation is 1. The van der Waals surface area contributed by atoms with Gasteiger partial charge in [0.1, 0.15) is 5.82 Å². The predicted octanol–water partition coefficient (Wildman–Crippen LogP) is 2.68. The van der Waals surface area contributed by atoms with Crippen molar-refractivity contribution < 1.29 is 0 Å². The van der Waals surface area contributed by atoms with Gasteiger partial charge in [-0.05, 0) is 30.4 Å². The molecule has 3 heteroatoms. The number of anilines is 1. The van der Waals surface area contributed by atoms with Crippen LogP contribution in [-0.4, -0.2) is 9.78 Å². The van der Waals surface area contributed by atoms with Crippen molar-refractivity contribution >= 4 is 5.82 Å². The average molecular weight is 227 g/mol. The maximum absolute atomic E-state index is 6.26. The van der Waals surface area contributed by atoms with E-state index in [1.54, 1.807) is 0 Å². The number of rotatable bonds is 1. The standard InChI is InChI=1S/C14H17N3/c1-14(2)9-8-11-12(14)13(15)17(16-11)10-6-4-3-5-7-10/h3-7H,8-9,15H2,1-2H3. The van der Waals surface area contributed by atoms with Crippen molar-refractivity contribution in [3.05, 3.63) is 41.6 Å². The number of benzene rings is 1. The Hall–Kier alpha value is -1.77. The van der Waals surface area contributed by atoms with Crippen molar-refractivity contribution in [1.82, 2.24) is 9.78 Å². The van der Waals surface area contributed by atoms with Crippen LogP contribution in [-0.2, 0) is 11.8 Å². The van der Waals surface area contributed by atoms with E-state index in [-0.39, 0.29) is 5.41 Å². The Balaban J connectivity index is 2.17. The first kappa shape index (κ1) is 10.4. The topological polar surface area (TPSA) is 43.8 Å². The highest BCUT2D eigenvalue weighted by Gasteiger charge is 2.35. The van der Waals surface area contributed by atoms with Crippen LogP contribution in [0.25, 0.3) is 5.69 Å². The molecule has 1 aromatic heterocycles. The van der Waals surface area contributed by atoms with Gasteiger partial charge in [-0.2, -0.15) is 5.10 Å². The van der Waals surface area contributed by atoms with E-state index >= 15 is 0 Å². The molecule has 0 aliphatic heterocycles. The first-order valence-electron chi connectivity index (χ1n) is 6.03. The van der Waals surface area contributed by atoms with Gasteiger partial charge in [-0.3, -0.25) is 0 Å². The van der Waals surface area contributed by atoms with Crippen LogP contribution in [0, 0.1) is 0 Å². The Labute approximate surface area is 101 Å². The Morgan fingerprint density at radius 1 is 1.24 bits per heavy atom. The zero-order valence-corrected chi connectivity index (χ0v) is 10.3. The minimum atomic E-state index is 0.159. The number of fused-ring (bicyclic) bond motifs is 1. The lowest BCUT2D eigenvalue weighted by Gasteiger charge is -2.18. The van der Waals surface area contributed by atoms with Gasteiger partial charge in [-0.15, -0.1) is 0 Å². The average Bonchev–Trinajstić information content (AvgIpc) is 2.80. The van der Waals surface area contributed by atoms with Gasteiger partial charge in [0, 0.05) is 5.56 Å². The molecule has 3 rings (SSSR count). The molecule has 1 heterocycles. The molecule has 0 amide bonds. The van der Waals surface area contributed by atoms with Crippen LogP contribution < -0.4 is 5.73 Å².